The van der Waals surface area contributed by atoms with E-state index in [1.54, 1.807) is 19.6 Å². The van der Waals surface area contributed by atoms with Crippen LogP contribution in [0.2, 0.25) is 0 Å². The maximum atomic E-state index is 11.4. The molecule has 1 amide bonds. The van der Waals surface area contributed by atoms with E-state index >= 15 is 0 Å². The van der Waals surface area contributed by atoms with Gasteiger partial charge in [0.05, 0.1) is 12.9 Å². The van der Waals surface area contributed by atoms with Crippen molar-refractivity contribution in [2.45, 2.75) is 25.1 Å². The van der Waals surface area contributed by atoms with E-state index in [0.29, 0.717) is 12.4 Å². The standard InChI is InChI=1S/C24H28BrN3O4/c1-24(2,22(25)32-23(26)29)20(15-30-3)21(28-14-13-27-16-28)31-19-11-9-18(10-12-19)17-7-5-4-6-8-17/h4-14,16,20-22H,15H2,1-3H3,(H2,26,29). The molecule has 0 bridgehead atoms. The van der Waals surface area contributed by atoms with E-state index in [1.165, 1.54) is 0 Å². The normalized spacial score (nSPS) is 14.4. The molecule has 3 rings (SSSR count). The van der Waals surface area contributed by atoms with Crippen LogP contribution in [-0.4, -0.2) is 34.4 Å². The molecule has 3 aromatic rings. The van der Waals surface area contributed by atoms with Crippen molar-refractivity contribution < 1.29 is 19.0 Å². The van der Waals surface area contributed by atoms with Crippen molar-refractivity contribution in [2.75, 3.05) is 13.7 Å². The molecule has 8 heteroatoms. The molecule has 3 unspecified atom stereocenters. The molecule has 0 fully saturated rings. The lowest BCUT2D eigenvalue weighted by molar-refractivity contribution is -0.0665. The summed E-state index contributed by atoms with van der Waals surface area (Å²) >= 11 is 3.46. The summed E-state index contributed by atoms with van der Waals surface area (Å²) in [5.41, 5.74) is 6.88. The zero-order valence-corrected chi connectivity index (χ0v) is 19.9. The topological polar surface area (TPSA) is 88.6 Å². The van der Waals surface area contributed by atoms with Crippen molar-refractivity contribution >= 4 is 22.0 Å². The zero-order valence-electron chi connectivity index (χ0n) is 18.4. The molecular formula is C24H28BrN3O4. The molecule has 0 saturated heterocycles. The van der Waals surface area contributed by atoms with Gasteiger partial charge in [-0.2, -0.15) is 0 Å². The molecule has 0 aliphatic carbocycles. The second-order valence-electron chi connectivity index (χ2n) is 8.04. The first-order chi connectivity index (χ1) is 15.3. The van der Waals surface area contributed by atoms with Crippen molar-refractivity contribution in [2.24, 2.45) is 17.1 Å². The lowest BCUT2D eigenvalue weighted by atomic mass is 9.78. The van der Waals surface area contributed by atoms with E-state index in [9.17, 15) is 4.79 Å². The maximum Gasteiger partial charge on any atom is 0.405 e. The Morgan fingerprint density at radius 3 is 2.34 bits per heavy atom. The zero-order chi connectivity index (χ0) is 23.1. The van der Waals surface area contributed by atoms with Crippen LogP contribution in [0.5, 0.6) is 5.75 Å². The van der Waals surface area contributed by atoms with E-state index in [-0.39, 0.29) is 5.92 Å². The highest BCUT2D eigenvalue weighted by Crippen LogP contribution is 2.43. The number of nitrogens with zero attached hydrogens (tertiary/aromatic N) is 2. The summed E-state index contributed by atoms with van der Waals surface area (Å²) in [7, 11) is 1.63. The van der Waals surface area contributed by atoms with Gasteiger partial charge in [0.1, 0.15) is 5.75 Å². The molecule has 3 atom stereocenters. The molecular weight excluding hydrogens is 474 g/mol. The number of carbonyl (C=O) groups excluding carboxylic acids is 1. The molecule has 0 saturated carbocycles. The van der Waals surface area contributed by atoms with Gasteiger partial charge in [0.2, 0.25) is 0 Å². The van der Waals surface area contributed by atoms with Crippen molar-refractivity contribution in [3.8, 4) is 16.9 Å². The molecule has 170 valence electrons. The highest BCUT2D eigenvalue weighted by molar-refractivity contribution is 9.09. The number of methoxy groups -OCH3 is 1. The van der Waals surface area contributed by atoms with Gasteiger partial charge in [-0.25, -0.2) is 9.78 Å². The second kappa shape index (κ2) is 10.7. The average Bonchev–Trinajstić information content (AvgIpc) is 3.31. The number of rotatable bonds is 10. The number of halogens is 1. The number of aromatic nitrogens is 2. The maximum absolute atomic E-state index is 11.4. The first-order valence-electron chi connectivity index (χ1n) is 10.2. The Hall–Kier alpha value is -2.84. The van der Waals surface area contributed by atoms with Crippen molar-refractivity contribution in [1.82, 2.24) is 9.55 Å². The van der Waals surface area contributed by atoms with Crippen molar-refractivity contribution in [3.05, 3.63) is 73.3 Å². The van der Waals surface area contributed by atoms with Gasteiger partial charge in [-0.1, -0.05) is 56.3 Å². The Labute approximate surface area is 196 Å². The van der Waals surface area contributed by atoms with Gasteiger partial charge >= 0.3 is 6.09 Å². The molecule has 0 spiro atoms. The van der Waals surface area contributed by atoms with Crippen LogP contribution in [0.25, 0.3) is 11.1 Å². The number of benzene rings is 2. The van der Waals surface area contributed by atoms with E-state index in [0.717, 1.165) is 11.1 Å². The van der Waals surface area contributed by atoms with E-state index in [1.807, 2.05) is 67.1 Å². The number of hydrogen-bond donors (Lipinski definition) is 1. The van der Waals surface area contributed by atoms with Crippen LogP contribution >= 0.6 is 15.9 Å². The molecule has 1 heterocycles. The number of carbonyl (C=O) groups is 1. The number of ether oxygens (including phenoxy) is 3. The summed E-state index contributed by atoms with van der Waals surface area (Å²) in [5, 5.41) is -0.650. The third-order valence-corrected chi connectivity index (χ3v) is 6.85. The lowest BCUT2D eigenvalue weighted by Crippen LogP contribution is -2.44. The third-order valence-electron chi connectivity index (χ3n) is 5.49. The molecule has 0 aliphatic heterocycles. The van der Waals surface area contributed by atoms with Gasteiger partial charge in [0.25, 0.3) is 0 Å². The van der Waals surface area contributed by atoms with Crippen molar-refractivity contribution in [1.29, 1.82) is 0 Å². The van der Waals surface area contributed by atoms with Gasteiger partial charge in [-0.15, -0.1) is 0 Å². The minimum absolute atomic E-state index is 0.237. The summed E-state index contributed by atoms with van der Waals surface area (Å²) in [6.45, 7) is 4.28. The monoisotopic (exact) mass is 501 g/mol. The first-order valence-corrected chi connectivity index (χ1v) is 11.1. The van der Waals surface area contributed by atoms with E-state index in [2.05, 4.69) is 33.0 Å². The number of imidazole rings is 1. The Bertz CT molecular complexity index is 978. The minimum Gasteiger partial charge on any atom is -0.470 e. The molecule has 0 aliphatic rings. The Balaban J connectivity index is 1.91. The predicted octanol–water partition coefficient (Wildman–Crippen LogP) is 5.23. The first kappa shape index (κ1) is 23.8. The summed E-state index contributed by atoms with van der Waals surface area (Å²) in [4.78, 5) is 15.5. The number of amides is 1. The number of alkyl halides is 1. The SMILES string of the molecule is COCC(C(Oc1ccc(-c2ccccc2)cc1)n1ccnc1)C(C)(C)C(Br)OC(N)=O. The fraction of sp³-hybridized carbons (Fsp3) is 0.333. The number of hydrogen-bond acceptors (Lipinski definition) is 5. The molecule has 2 aromatic carbocycles. The van der Waals surface area contributed by atoms with Crippen LogP contribution in [0, 0.1) is 11.3 Å². The quantitative estimate of drug-likeness (QED) is 0.384. The van der Waals surface area contributed by atoms with Crippen LogP contribution in [-0.2, 0) is 9.47 Å². The molecule has 1 aromatic heterocycles. The lowest BCUT2D eigenvalue weighted by Gasteiger charge is -2.41. The smallest absolute Gasteiger partial charge is 0.405 e. The molecule has 0 radical (unpaired) electrons. The largest absolute Gasteiger partial charge is 0.470 e. The Kier molecular flexibility index (Phi) is 7.93. The van der Waals surface area contributed by atoms with Crippen LogP contribution in [0.4, 0.5) is 4.79 Å². The summed E-state index contributed by atoms with van der Waals surface area (Å²) in [5.74, 6) is 0.460. The third kappa shape index (κ3) is 5.69. The van der Waals surface area contributed by atoms with Gasteiger partial charge in [-0.05, 0) is 39.2 Å². The summed E-state index contributed by atoms with van der Waals surface area (Å²) in [6.07, 6.45) is 3.89. The molecule has 2 N–H and O–H groups in total. The van der Waals surface area contributed by atoms with E-state index in [4.69, 9.17) is 19.9 Å². The molecule has 7 nitrogen and oxygen atoms in total. The highest BCUT2D eigenvalue weighted by atomic mass is 79.9. The number of primary amides is 1. The average molecular weight is 502 g/mol. The van der Waals surface area contributed by atoms with Gasteiger partial charge in [0, 0.05) is 30.8 Å². The highest BCUT2D eigenvalue weighted by Gasteiger charge is 2.44. The summed E-state index contributed by atoms with van der Waals surface area (Å²) in [6, 6.07) is 18.1. The minimum atomic E-state index is -0.854. The number of nitrogens with two attached hydrogens (primary N) is 1. The Morgan fingerprint density at radius 2 is 1.78 bits per heavy atom. The fourth-order valence-electron chi connectivity index (χ4n) is 3.53. The fourth-order valence-corrected chi connectivity index (χ4v) is 4.06. The van der Waals surface area contributed by atoms with Crippen LogP contribution in [0.3, 0.4) is 0 Å². The van der Waals surface area contributed by atoms with Crippen molar-refractivity contribution in [3.63, 3.8) is 0 Å². The van der Waals surface area contributed by atoms with Gasteiger partial charge < -0.3 is 24.5 Å². The van der Waals surface area contributed by atoms with Crippen LogP contribution < -0.4 is 10.5 Å². The predicted molar refractivity (Wildman–Crippen MR) is 126 cm³/mol. The van der Waals surface area contributed by atoms with Gasteiger partial charge in [-0.3, -0.25) is 0 Å². The second-order valence-corrected chi connectivity index (χ2v) is 8.88. The van der Waals surface area contributed by atoms with Crippen LogP contribution in [0.1, 0.15) is 20.1 Å². The van der Waals surface area contributed by atoms with Crippen LogP contribution in [0.15, 0.2) is 73.3 Å². The summed E-state index contributed by atoms with van der Waals surface area (Å²) < 4.78 is 19.1. The Morgan fingerprint density at radius 1 is 1.12 bits per heavy atom. The molecule has 32 heavy (non-hydrogen) atoms. The van der Waals surface area contributed by atoms with E-state index < -0.39 is 22.7 Å². The van der Waals surface area contributed by atoms with Gasteiger partial charge in [0.15, 0.2) is 11.2 Å².